The number of hydrogen-bond donors (Lipinski definition) is 1. The molecule has 0 saturated carbocycles. The number of allylic oxidation sites excluding steroid dienone is 1. The molecule has 0 spiro atoms. The molecule has 2 nitrogen and oxygen atoms in total. The van der Waals surface area contributed by atoms with Crippen LogP contribution in [0.4, 0.5) is 0 Å². The van der Waals surface area contributed by atoms with Crippen molar-refractivity contribution in [3.05, 3.63) is 28.0 Å². The molecule has 14 heavy (non-hydrogen) atoms. The summed E-state index contributed by atoms with van der Waals surface area (Å²) in [6, 6.07) is 2.03. The second kappa shape index (κ2) is 4.15. The molecule has 0 aliphatic heterocycles. The van der Waals surface area contributed by atoms with Gasteiger partial charge in [0.1, 0.15) is 5.75 Å². The Bertz CT molecular complexity index is 343. The van der Waals surface area contributed by atoms with E-state index in [1.54, 1.807) is 18.4 Å². The standard InChI is InChI=1S/C11H15NOS/c1-13-9-6-7-14-11(9)10(12)8-4-2-3-5-8/h4,6-7,10H,2-3,5,12H2,1H3. The summed E-state index contributed by atoms with van der Waals surface area (Å²) in [6.07, 6.45) is 5.83. The van der Waals surface area contributed by atoms with Crippen LogP contribution in [0.25, 0.3) is 0 Å². The molecule has 1 atom stereocenters. The normalized spacial score (nSPS) is 18.0. The van der Waals surface area contributed by atoms with Crippen LogP contribution < -0.4 is 10.5 Å². The van der Waals surface area contributed by atoms with Gasteiger partial charge in [-0.1, -0.05) is 11.6 Å². The Morgan fingerprint density at radius 2 is 2.43 bits per heavy atom. The van der Waals surface area contributed by atoms with Crippen LogP contribution in [-0.2, 0) is 0 Å². The van der Waals surface area contributed by atoms with E-state index in [-0.39, 0.29) is 6.04 Å². The van der Waals surface area contributed by atoms with E-state index in [0.717, 1.165) is 17.0 Å². The van der Waals surface area contributed by atoms with Crippen molar-refractivity contribution in [1.29, 1.82) is 0 Å². The van der Waals surface area contributed by atoms with Gasteiger partial charge in [-0.15, -0.1) is 11.3 Å². The van der Waals surface area contributed by atoms with E-state index < -0.39 is 0 Å². The Hall–Kier alpha value is -0.800. The highest BCUT2D eigenvalue weighted by atomic mass is 32.1. The van der Waals surface area contributed by atoms with Crippen LogP contribution in [-0.4, -0.2) is 7.11 Å². The van der Waals surface area contributed by atoms with Crippen LogP contribution in [0.1, 0.15) is 30.2 Å². The summed E-state index contributed by atoms with van der Waals surface area (Å²) in [5.41, 5.74) is 7.55. The maximum atomic E-state index is 6.18. The molecule has 1 heterocycles. The first-order valence-corrected chi connectivity index (χ1v) is 5.77. The summed E-state index contributed by atoms with van der Waals surface area (Å²) < 4.78 is 5.27. The van der Waals surface area contributed by atoms with Crippen molar-refractivity contribution < 1.29 is 4.74 Å². The lowest BCUT2D eigenvalue weighted by Crippen LogP contribution is -2.11. The van der Waals surface area contributed by atoms with Crippen molar-refractivity contribution in [2.45, 2.75) is 25.3 Å². The van der Waals surface area contributed by atoms with Gasteiger partial charge in [-0.25, -0.2) is 0 Å². The quantitative estimate of drug-likeness (QED) is 0.777. The van der Waals surface area contributed by atoms with Crippen LogP contribution in [0.2, 0.25) is 0 Å². The van der Waals surface area contributed by atoms with Gasteiger partial charge in [0.15, 0.2) is 0 Å². The van der Waals surface area contributed by atoms with E-state index in [2.05, 4.69) is 6.08 Å². The molecule has 0 fully saturated rings. The third kappa shape index (κ3) is 1.70. The molecule has 0 amide bonds. The highest BCUT2D eigenvalue weighted by Crippen LogP contribution is 2.36. The van der Waals surface area contributed by atoms with E-state index in [1.807, 2.05) is 11.4 Å². The summed E-state index contributed by atoms with van der Waals surface area (Å²) in [6.45, 7) is 0. The van der Waals surface area contributed by atoms with Gasteiger partial charge in [0.05, 0.1) is 18.0 Å². The van der Waals surface area contributed by atoms with Crippen LogP contribution in [0, 0.1) is 0 Å². The molecular weight excluding hydrogens is 194 g/mol. The smallest absolute Gasteiger partial charge is 0.134 e. The van der Waals surface area contributed by atoms with Gasteiger partial charge in [-0.05, 0) is 30.7 Å². The molecule has 76 valence electrons. The van der Waals surface area contributed by atoms with Gasteiger partial charge >= 0.3 is 0 Å². The Kier molecular flexibility index (Phi) is 2.89. The van der Waals surface area contributed by atoms with Gasteiger partial charge in [0.25, 0.3) is 0 Å². The minimum Gasteiger partial charge on any atom is -0.496 e. The average molecular weight is 209 g/mol. The summed E-state index contributed by atoms with van der Waals surface area (Å²) in [5.74, 6) is 0.926. The molecule has 1 unspecified atom stereocenters. The number of thiophene rings is 1. The summed E-state index contributed by atoms with van der Waals surface area (Å²) >= 11 is 1.68. The fourth-order valence-corrected chi connectivity index (χ4v) is 2.75. The predicted molar refractivity (Wildman–Crippen MR) is 59.7 cm³/mol. The van der Waals surface area contributed by atoms with E-state index >= 15 is 0 Å². The third-order valence-electron chi connectivity index (χ3n) is 2.64. The molecule has 0 radical (unpaired) electrons. The number of ether oxygens (including phenoxy) is 1. The lowest BCUT2D eigenvalue weighted by Gasteiger charge is -2.12. The largest absolute Gasteiger partial charge is 0.496 e. The molecule has 3 heteroatoms. The molecule has 2 rings (SSSR count). The van der Waals surface area contributed by atoms with E-state index in [0.29, 0.717) is 0 Å². The van der Waals surface area contributed by atoms with Gasteiger partial charge < -0.3 is 10.5 Å². The fraction of sp³-hybridized carbons (Fsp3) is 0.455. The van der Waals surface area contributed by atoms with Gasteiger partial charge in [-0.2, -0.15) is 0 Å². The van der Waals surface area contributed by atoms with Crippen molar-refractivity contribution in [3.63, 3.8) is 0 Å². The zero-order valence-corrected chi connectivity index (χ0v) is 9.14. The van der Waals surface area contributed by atoms with Crippen molar-refractivity contribution in [3.8, 4) is 5.75 Å². The van der Waals surface area contributed by atoms with Gasteiger partial charge in [-0.3, -0.25) is 0 Å². The molecule has 1 aliphatic rings. The number of hydrogen-bond acceptors (Lipinski definition) is 3. The summed E-state index contributed by atoms with van der Waals surface area (Å²) in [5, 5.41) is 2.03. The van der Waals surface area contributed by atoms with Crippen molar-refractivity contribution in [2.75, 3.05) is 7.11 Å². The predicted octanol–water partition coefficient (Wildman–Crippen LogP) is 2.87. The molecular formula is C11H15NOS. The maximum Gasteiger partial charge on any atom is 0.134 e. The molecule has 0 saturated heterocycles. The molecule has 2 N–H and O–H groups in total. The maximum absolute atomic E-state index is 6.18. The molecule has 1 aliphatic carbocycles. The Morgan fingerprint density at radius 3 is 3.07 bits per heavy atom. The first-order valence-electron chi connectivity index (χ1n) is 4.89. The monoisotopic (exact) mass is 209 g/mol. The van der Waals surface area contributed by atoms with Crippen LogP contribution >= 0.6 is 11.3 Å². The minimum atomic E-state index is 0.0486. The second-order valence-corrected chi connectivity index (χ2v) is 4.45. The molecule has 0 bridgehead atoms. The summed E-state index contributed by atoms with van der Waals surface area (Å²) in [4.78, 5) is 1.15. The highest BCUT2D eigenvalue weighted by Gasteiger charge is 2.19. The first-order chi connectivity index (χ1) is 6.83. The molecule has 1 aromatic heterocycles. The minimum absolute atomic E-state index is 0.0486. The number of rotatable bonds is 3. The van der Waals surface area contributed by atoms with E-state index in [9.17, 15) is 0 Å². The van der Waals surface area contributed by atoms with Crippen molar-refractivity contribution in [1.82, 2.24) is 0 Å². The van der Waals surface area contributed by atoms with Gasteiger partial charge in [0.2, 0.25) is 0 Å². The van der Waals surface area contributed by atoms with Crippen LogP contribution in [0.5, 0.6) is 5.75 Å². The lowest BCUT2D eigenvalue weighted by atomic mass is 10.1. The number of nitrogens with two attached hydrogens (primary N) is 1. The van der Waals surface area contributed by atoms with Crippen LogP contribution in [0.3, 0.4) is 0 Å². The Labute approximate surface area is 88.4 Å². The first kappa shape index (κ1) is 9.74. The molecule has 0 aromatic carbocycles. The second-order valence-electron chi connectivity index (χ2n) is 3.50. The van der Waals surface area contributed by atoms with Crippen molar-refractivity contribution in [2.24, 2.45) is 5.73 Å². The van der Waals surface area contributed by atoms with E-state index in [1.165, 1.54) is 18.4 Å². The third-order valence-corrected chi connectivity index (χ3v) is 3.62. The van der Waals surface area contributed by atoms with Gasteiger partial charge in [0, 0.05) is 0 Å². The Morgan fingerprint density at radius 1 is 1.57 bits per heavy atom. The van der Waals surface area contributed by atoms with Crippen molar-refractivity contribution >= 4 is 11.3 Å². The summed E-state index contributed by atoms with van der Waals surface area (Å²) in [7, 11) is 1.70. The number of methoxy groups -OCH3 is 1. The lowest BCUT2D eigenvalue weighted by molar-refractivity contribution is 0.410. The van der Waals surface area contributed by atoms with Crippen LogP contribution in [0.15, 0.2) is 23.1 Å². The average Bonchev–Trinajstić information content (AvgIpc) is 2.87. The topological polar surface area (TPSA) is 35.2 Å². The molecule has 1 aromatic rings. The zero-order chi connectivity index (χ0) is 9.97. The Balaban J connectivity index is 2.21. The SMILES string of the molecule is COc1ccsc1C(N)C1=CCCC1. The zero-order valence-electron chi connectivity index (χ0n) is 8.32. The van der Waals surface area contributed by atoms with E-state index in [4.69, 9.17) is 10.5 Å². The fourth-order valence-electron chi connectivity index (χ4n) is 1.85. The highest BCUT2D eigenvalue weighted by molar-refractivity contribution is 7.10.